The van der Waals surface area contributed by atoms with Gasteiger partial charge < -0.3 is 9.84 Å². The first kappa shape index (κ1) is 14.2. The fraction of sp³-hybridized carbons (Fsp3) is 0.625. The van der Waals surface area contributed by atoms with E-state index in [0.717, 1.165) is 25.7 Å². The highest BCUT2D eigenvalue weighted by molar-refractivity contribution is 6.32. The molecule has 0 saturated heterocycles. The number of aliphatic hydroxyl groups is 1. The molecule has 0 heterocycles. The summed E-state index contributed by atoms with van der Waals surface area (Å²) in [5.74, 6) is -0.294. The Kier molecular flexibility index (Phi) is 3.91. The lowest BCUT2D eigenvalue weighted by Gasteiger charge is -2.53. The third-order valence-corrected chi connectivity index (χ3v) is 5.25. The zero-order chi connectivity index (χ0) is 14.2. The normalized spacial score (nSPS) is 28.8. The van der Waals surface area contributed by atoms with Gasteiger partial charge in [-0.1, -0.05) is 43.4 Å². The van der Waals surface area contributed by atoms with Gasteiger partial charge in [0.1, 0.15) is 6.10 Å². The molecule has 0 radical (unpaired) electrons. The molecule has 2 aliphatic rings. The lowest BCUT2D eigenvalue weighted by atomic mass is 9.59. The molecular formula is C16H20ClFO2. The molecule has 1 spiro atoms. The summed E-state index contributed by atoms with van der Waals surface area (Å²) in [7, 11) is 0. The molecule has 1 aromatic carbocycles. The van der Waals surface area contributed by atoms with E-state index in [4.69, 9.17) is 16.3 Å². The molecule has 0 amide bonds. The van der Waals surface area contributed by atoms with Crippen LogP contribution < -0.4 is 4.74 Å². The van der Waals surface area contributed by atoms with Crippen molar-refractivity contribution in [3.63, 3.8) is 0 Å². The van der Waals surface area contributed by atoms with Crippen LogP contribution in [0.25, 0.3) is 0 Å². The maximum atomic E-state index is 13.8. The van der Waals surface area contributed by atoms with E-state index >= 15 is 0 Å². The number of halogens is 2. The highest BCUT2D eigenvalue weighted by atomic mass is 35.5. The van der Waals surface area contributed by atoms with Crippen molar-refractivity contribution >= 4 is 11.6 Å². The van der Waals surface area contributed by atoms with Crippen molar-refractivity contribution < 1.29 is 14.2 Å². The molecule has 2 fully saturated rings. The summed E-state index contributed by atoms with van der Waals surface area (Å²) < 4.78 is 19.7. The Labute approximate surface area is 123 Å². The SMILES string of the molecule is OC1CC(Oc2c(F)cccc2Cl)C12CCCCCC2. The second-order valence-corrected chi connectivity index (χ2v) is 6.46. The molecule has 0 bridgehead atoms. The molecule has 2 aliphatic carbocycles. The number of para-hydroxylation sites is 1. The Morgan fingerprint density at radius 1 is 1.20 bits per heavy atom. The molecule has 20 heavy (non-hydrogen) atoms. The average Bonchev–Trinajstić information content (AvgIpc) is 2.69. The molecule has 110 valence electrons. The van der Waals surface area contributed by atoms with Crippen LogP contribution in [-0.4, -0.2) is 17.3 Å². The maximum absolute atomic E-state index is 13.8. The Morgan fingerprint density at radius 2 is 1.90 bits per heavy atom. The Bertz CT molecular complexity index is 463. The van der Waals surface area contributed by atoms with Crippen LogP contribution in [0.1, 0.15) is 44.9 Å². The van der Waals surface area contributed by atoms with E-state index in [2.05, 4.69) is 0 Å². The molecule has 1 aromatic rings. The average molecular weight is 299 g/mol. The Morgan fingerprint density at radius 3 is 2.50 bits per heavy atom. The second kappa shape index (κ2) is 5.53. The molecule has 2 atom stereocenters. The number of benzene rings is 1. The Hall–Kier alpha value is -0.800. The van der Waals surface area contributed by atoms with Gasteiger partial charge in [0.15, 0.2) is 11.6 Å². The van der Waals surface area contributed by atoms with Gasteiger partial charge in [-0.3, -0.25) is 0 Å². The first-order chi connectivity index (χ1) is 9.63. The number of rotatable bonds is 2. The van der Waals surface area contributed by atoms with Gasteiger partial charge in [-0.05, 0) is 25.0 Å². The quantitative estimate of drug-likeness (QED) is 0.880. The van der Waals surface area contributed by atoms with Crippen molar-refractivity contribution in [3.05, 3.63) is 29.0 Å². The lowest BCUT2D eigenvalue weighted by Crippen LogP contribution is -2.59. The van der Waals surface area contributed by atoms with E-state index in [9.17, 15) is 9.50 Å². The van der Waals surface area contributed by atoms with Crippen LogP contribution in [-0.2, 0) is 0 Å². The molecule has 2 saturated carbocycles. The third kappa shape index (κ3) is 2.31. The number of aliphatic hydroxyl groups excluding tert-OH is 1. The highest BCUT2D eigenvalue weighted by Crippen LogP contribution is 2.53. The van der Waals surface area contributed by atoms with E-state index in [1.54, 1.807) is 12.1 Å². The summed E-state index contributed by atoms with van der Waals surface area (Å²) in [6.45, 7) is 0. The van der Waals surface area contributed by atoms with Crippen LogP contribution in [0, 0.1) is 11.2 Å². The van der Waals surface area contributed by atoms with E-state index in [-0.39, 0.29) is 23.4 Å². The summed E-state index contributed by atoms with van der Waals surface area (Å²) in [5, 5.41) is 10.5. The van der Waals surface area contributed by atoms with Gasteiger partial charge in [0, 0.05) is 11.8 Å². The minimum absolute atomic E-state index is 0.120. The molecule has 0 aromatic heterocycles. The highest BCUT2D eigenvalue weighted by Gasteiger charge is 2.55. The van der Waals surface area contributed by atoms with Crippen molar-refractivity contribution in [2.24, 2.45) is 5.41 Å². The van der Waals surface area contributed by atoms with Gasteiger partial charge in [-0.25, -0.2) is 4.39 Å². The zero-order valence-electron chi connectivity index (χ0n) is 11.4. The van der Waals surface area contributed by atoms with Gasteiger partial charge in [0.2, 0.25) is 0 Å². The third-order valence-electron chi connectivity index (χ3n) is 4.96. The van der Waals surface area contributed by atoms with Gasteiger partial charge in [-0.15, -0.1) is 0 Å². The van der Waals surface area contributed by atoms with E-state index in [0.29, 0.717) is 11.4 Å². The van der Waals surface area contributed by atoms with Crippen molar-refractivity contribution in [2.45, 2.75) is 57.2 Å². The summed E-state index contributed by atoms with van der Waals surface area (Å²) in [6.07, 6.45) is 6.70. The van der Waals surface area contributed by atoms with Crippen LogP contribution in [0.3, 0.4) is 0 Å². The first-order valence-electron chi connectivity index (χ1n) is 7.42. The standard InChI is InChI=1S/C16H20ClFO2/c17-11-6-5-7-12(18)15(11)20-14-10-13(19)16(14)8-3-1-2-4-9-16/h5-7,13-14,19H,1-4,8-10H2. The summed E-state index contributed by atoms with van der Waals surface area (Å²) in [4.78, 5) is 0. The predicted molar refractivity (Wildman–Crippen MR) is 76.6 cm³/mol. The van der Waals surface area contributed by atoms with Crippen LogP contribution in [0.5, 0.6) is 5.75 Å². The molecule has 2 nitrogen and oxygen atoms in total. The van der Waals surface area contributed by atoms with Crippen molar-refractivity contribution in [3.8, 4) is 5.75 Å². The molecule has 0 aliphatic heterocycles. The van der Waals surface area contributed by atoms with Gasteiger partial charge in [0.05, 0.1) is 11.1 Å². The number of hydrogen-bond donors (Lipinski definition) is 1. The van der Waals surface area contributed by atoms with Crippen LogP contribution in [0.4, 0.5) is 4.39 Å². The van der Waals surface area contributed by atoms with Gasteiger partial charge >= 0.3 is 0 Å². The fourth-order valence-corrected chi connectivity index (χ4v) is 3.88. The minimum atomic E-state index is -0.428. The summed E-state index contributed by atoms with van der Waals surface area (Å²) in [6, 6.07) is 4.56. The minimum Gasteiger partial charge on any atom is -0.485 e. The largest absolute Gasteiger partial charge is 0.485 e. The molecule has 1 N–H and O–H groups in total. The van der Waals surface area contributed by atoms with Crippen molar-refractivity contribution in [1.82, 2.24) is 0 Å². The zero-order valence-corrected chi connectivity index (χ0v) is 12.2. The van der Waals surface area contributed by atoms with Gasteiger partial charge in [0.25, 0.3) is 0 Å². The Balaban J connectivity index is 1.80. The van der Waals surface area contributed by atoms with Crippen LogP contribution >= 0.6 is 11.6 Å². The van der Waals surface area contributed by atoms with E-state index in [1.165, 1.54) is 18.9 Å². The fourth-order valence-electron chi connectivity index (χ4n) is 3.67. The topological polar surface area (TPSA) is 29.5 Å². The first-order valence-corrected chi connectivity index (χ1v) is 7.80. The molecule has 3 rings (SSSR count). The summed E-state index contributed by atoms with van der Waals surface area (Å²) >= 11 is 6.02. The van der Waals surface area contributed by atoms with Crippen molar-refractivity contribution in [1.29, 1.82) is 0 Å². The van der Waals surface area contributed by atoms with Gasteiger partial charge in [-0.2, -0.15) is 0 Å². The number of ether oxygens (including phenoxy) is 1. The predicted octanol–water partition coefficient (Wildman–Crippen LogP) is 4.33. The lowest BCUT2D eigenvalue weighted by molar-refractivity contribution is -0.163. The van der Waals surface area contributed by atoms with E-state index < -0.39 is 5.82 Å². The molecule has 2 unspecified atom stereocenters. The molecule has 4 heteroatoms. The molecular weight excluding hydrogens is 279 g/mol. The maximum Gasteiger partial charge on any atom is 0.173 e. The summed E-state index contributed by atoms with van der Waals surface area (Å²) in [5.41, 5.74) is -0.192. The monoisotopic (exact) mass is 298 g/mol. The van der Waals surface area contributed by atoms with Crippen LogP contribution in [0.2, 0.25) is 5.02 Å². The smallest absolute Gasteiger partial charge is 0.173 e. The van der Waals surface area contributed by atoms with Crippen LogP contribution in [0.15, 0.2) is 18.2 Å². The number of hydrogen-bond acceptors (Lipinski definition) is 2. The van der Waals surface area contributed by atoms with E-state index in [1.807, 2.05) is 0 Å². The second-order valence-electron chi connectivity index (χ2n) is 6.06. The van der Waals surface area contributed by atoms with Crippen molar-refractivity contribution in [2.75, 3.05) is 0 Å².